The lowest BCUT2D eigenvalue weighted by molar-refractivity contribution is -0.121. The molecule has 1 aromatic heterocycles. The Labute approximate surface area is 111 Å². The van der Waals surface area contributed by atoms with Crippen LogP contribution in [0.5, 0.6) is 0 Å². The van der Waals surface area contributed by atoms with Gasteiger partial charge in [0.2, 0.25) is 11.8 Å². The van der Waals surface area contributed by atoms with Gasteiger partial charge in [-0.05, 0) is 25.3 Å². The highest BCUT2D eigenvalue weighted by Gasteiger charge is 2.32. The van der Waals surface area contributed by atoms with Crippen molar-refractivity contribution in [3.05, 3.63) is 12.3 Å². The number of aromatic nitrogens is 2. The summed E-state index contributed by atoms with van der Waals surface area (Å²) in [5.41, 5.74) is 10.7. The average Bonchev–Trinajstić information content (AvgIpc) is 2.96. The third-order valence-electron chi connectivity index (χ3n) is 3.51. The summed E-state index contributed by atoms with van der Waals surface area (Å²) in [5.74, 6) is 0.144. The summed E-state index contributed by atoms with van der Waals surface area (Å²) in [6, 6.07) is 1.65. The monoisotopic (exact) mass is 265 g/mol. The third-order valence-corrected chi connectivity index (χ3v) is 3.51. The summed E-state index contributed by atoms with van der Waals surface area (Å²) in [4.78, 5) is 22.9. The molecule has 0 spiro atoms. The molecule has 1 saturated carbocycles. The molecular formula is C12H19N5O2. The predicted molar refractivity (Wildman–Crippen MR) is 69.9 cm³/mol. The number of anilines is 1. The van der Waals surface area contributed by atoms with Crippen LogP contribution in [-0.2, 0) is 16.1 Å². The van der Waals surface area contributed by atoms with Crippen LogP contribution in [0.1, 0.15) is 19.3 Å². The molecule has 2 amide bonds. The van der Waals surface area contributed by atoms with Gasteiger partial charge in [-0.3, -0.25) is 14.3 Å². The van der Waals surface area contributed by atoms with Gasteiger partial charge in [0, 0.05) is 18.2 Å². The molecule has 104 valence electrons. The van der Waals surface area contributed by atoms with Crippen LogP contribution in [0.25, 0.3) is 0 Å². The van der Waals surface area contributed by atoms with Gasteiger partial charge in [0.25, 0.3) is 0 Å². The van der Waals surface area contributed by atoms with E-state index in [0.717, 1.165) is 19.3 Å². The average molecular weight is 265 g/mol. The molecule has 5 N–H and O–H groups in total. The van der Waals surface area contributed by atoms with Crippen molar-refractivity contribution >= 4 is 17.6 Å². The van der Waals surface area contributed by atoms with E-state index in [9.17, 15) is 9.59 Å². The second-order valence-corrected chi connectivity index (χ2v) is 4.89. The number of carbonyl (C=O) groups is 2. The van der Waals surface area contributed by atoms with Gasteiger partial charge >= 0.3 is 0 Å². The Hall–Kier alpha value is -1.89. The van der Waals surface area contributed by atoms with Gasteiger partial charge < -0.3 is 16.8 Å². The van der Waals surface area contributed by atoms with Crippen molar-refractivity contribution in [2.75, 3.05) is 11.9 Å². The zero-order valence-corrected chi connectivity index (χ0v) is 10.7. The van der Waals surface area contributed by atoms with Crippen LogP contribution in [0.4, 0.5) is 5.82 Å². The van der Waals surface area contributed by atoms with Crippen molar-refractivity contribution in [1.82, 2.24) is 9.78 Å². The lowest BCUT2D eigenvalue weighted by Gasteiger charge is -2.16. The normalized spacial score (nSPS) is 22.4. The first-order chi connectivity index (χ1) is 9.10. The van der Waals surface area contributed by atoms with E-state index in [0.29, 0.717) is 12.4 Å². The molecule has 2 atom stereocenters. The number of carbonyl (C=O) groups excluding carboxylic acids is 2. The molecule has 7 nitrogen and oxygen atoms in total. The molecular weight excluding hydrogens is 246 g/mol. The minimum Gasteiger partial charge on any atom is -0.368 e. The highest BCUT2D eigenvalue weighted by atomic mass is 16.2. The molecule has 7 heteroatoms. The zero-order chi connectivity index (χ0) is 13.8. The largest absolute Gasteiger partial charge is 0.368 e. The maximum atomic E-state index is 12.1. The van der Waals surface area contributed by atoms with Crippen molar-refractivity contribution < 1.29 is 9.59 Å². The molecule has 0 unspecified atom stereocenters. The van der Waals surface area contributed by atoms with Gasteiger partial charge in [0.05, 0.1) is 0 Å². The minimum absolute atomic E-state index is 0.00469. The maximum absolute atomic E-state index is 12.1. The van der Waals surface area contributed by atoms with Crippen molar-refractivity contribution in [1.29, 1.82) is 0 Å². The lowest BCUT2D eigenvalue weighted by atomic mass is 9.95. The van der Waals surface area contributed by atoms with E-state index in [-0.39, 0.29) is 24.3 Å². The molecule has 1 aliphatic rings. The number of nitrogens with zero attached hydrogens (tertiary/aromatic N) is 2. The standard InChI is InChI=1S/C12H19N5O2/c13-6-8-2-1-3-9(8)12(19)15-11-4-5-17(16-11)7-10(14)18/h4-5,8-9H,1-3,6-7,13H2,(H2,14,18)(H,15,16,19)/t8-,9-/m1/s1. The Morgan fingerprint density at radius 2 is 2.26 bits per heavy atom. The molecule has 2 rings (SSSR count). The molecule has 1 aliphatic carbocycles. The van der Waals surface area contributed by atoms with Gasteiger partial charge in [-0.1, -0.05) is 6.42 Å². The van der Waals surface area contributed by atoms with Gasteiger partial charge in [-0.2, -0.15) is 5.10 Å². The zero-order valence-electron chi connectivity index (χ0n) is 10.7. The summed E-state index contributed by atoms with van der Waals surface area (Å²) in [6.45, 7) is 0.541. The van der Waals surface area contributed by atoms with Crippen LogP contribution in [-0.4, -0.2) is 28.1 Å². The van der Waals surface area contributed by atoms with Crippen molar-refractivity contribution in [2.24, 2.45) is 23.3 Å². The molecule has 1 aromatic rings. The second kappa shape index (κ2) is 5.83. The summed E-state index contributed by atoms with van der Waals surface area (Å²) in [7, 11) is 0. The van der Waals surface area contributed by atoms with E-state index in [4.69, 9.17) is 11.5 Å². The van der Waals surface area contributed by atoms with Crippen LogP contribution in [0.2, 0.25) is 0 Å². The summed E-state index contributed by atoms with van der Waals surface area (Å²) >= 11 is 0. The topological polar surface area (TPSA) is 116 Å². The van der Waals surface area contributed by atoms with Crippen molar-refractivity contribution in [2.45, 2.75) is 25.8 Å². The molecule has 0 saturated heterocycles. The number of rotatable bonds is 5. The first kappa shape index (κ1) is 13.5. The Kier molecular flexibility index (Phi) is 4.16. The van der Waals surface area contributed by atoms with Gasteiger partial charge in [-0.15, -0.1) is 0 Å². The van der Waals surface area contributed by atoms with E-state index in [2.05, 4.69) is 10.4 Å². The fraction of sp³-hybridized carbons (Fsp3) is 0.583. The molecule has 1 heterocycles. The van der Waals surface area contributed by atoms with Crippen LogP contribution < -0.4 is 16.8 Å². The Bertz CT molecular complexity index is 470. The maximum Gasteiger partial charge on any atom is 0.239 e. The van der Waals surface area contributed by atoms with Crippen molar-refractivity contribution in [3.63, 3.8) is 0 Å². The van der Waals surface area contributed by atoms with Gasteiger partial charge in [0.15, 0.2) is 5.82 Å². The first-order valence-electron chi connectivity index (χ1n) is 6.43. The number of nitrogens with two attached hydrogens (primary N) is 2. The Morgan fingerprint density at radius 1 is 1.47 bits per heavy atom. The molecule has 1 fully saturated rings. The number of primary amides is 1. The Morgan fingerprint density at radius 3 is 2.95 bits per heavy atom. The summed E-state index contributed by atoms with van der Waals surface area (Å²) in [6.07, 6.45) is 4.52. The lowest BCUT2D eigenvalue weighted by Crippen LogP contribution is -2.30. The van der Waals surface area contributed by atoms with Crippen LogP contribution in [0, 0.1) is 11.8 Å². The van der Waals surface area contributed by atoms with Crippen LogP contribution in [0.3, 0.4) is 0 Å². The fourth-order valence-corrected chi connectivity index (χ4v) is 2.56. The molecule has 19 heavy (non-hydrogen) atoms. The SMILES string of the molecule is NC[C@H]1CCC[C@H]1C(=O)Nc1ccn(CC(N)=O)n1. The van der Waals surface area contributed by atoms with E-state index in [1.54, 1.807) is 12.3 Å². The number of amides is 2. The van der Waals surface area contributed by atoms with Gasteiger partial charge in [0.1, 0.15) is 6.54 Å². The molecule has 0 radical (unpaired) electrons. The Balaban J connectivity index is 1.95. The van der Waals surface area contributed by atoms with Crippen molar-refractivity contribution in [3.8, 4) is 0 Å². The summed E-state index contributed by atoms with van der Waals surface area (Å²) in [5, 5.41) is 6.83. The second-order valence-electron chi connectivity index (χ2n) is 4.89. The summed E-state index contributed by atoms with van der Waals surface area (Å²) < 4.78 is 1.40. The highest BCUT2D eigenvalue weighted by Crippen LogP contribution is 2.31. The molecule has 0 aromatic carbocycles. The van der Waals surface area contributed by atoms with E-state index < -0.39 is 5.91 Å². The number of hydrogen-bond acceptors (Lipinski definition) is 4. The van der Waals surface area contributed by atoms with E-state index in [1.807, 2.05) is 0 Å². The quantitative estimate of drug-likeness (QED) is 0.676. The fourth-order valence-electron chi connectivity index (χ4n) is 2.56. The van der Waals surface area contributed by atoms with Crippen LogP contribution >= 0.6 is 0 Å². The first-order valence-corrected chi connectivity index (χ1v) is 6.43. The smallest absolute Gasteiger partial charge is 0.239 e. The predicted octanol–water partition coefficient (Wildman–Crippen LogP) is -0.318. The third kappa shape index (κ3) is 3.31. The number of hydrogen-bond donors (Lipinski definition) is 3. The highest BCUT2D eigenvalue weighted by molar-refractivity contribution is 5.92. The molecule has 0 bridgehead atoms. The molecule has 0 aliphatic heterocycles. The van der Waals surface area contributed by atoms with Gasteiger partial charge in [-0.25, -0.2) is 0 Å². The van der Waals surface area contributed by atoms with E-state index >= 15 is 0 Å². The minimum atomic E-state index is -0.472. The van der Waals surface area contributed by atoms with E-state index in [1.165, 1.54) is 4.68 Å². The van der Waals surface area contributed by atoms with Crippen LogP contribution in [0.15, 0.2) is 12.3 Å². The number of nitrogens with one attached hydrogen (secondary N) is 1.